The van der Waals surface area contributed by atoms with E-state index >= 15 is 0 Å². The van der Waals surface area contributed by atoms with E-state index in [4.69, 9.17) is 0 Å². The molecule has 2 nitrogen and oxygen atoms in total. The zero-order valence-electron chi connectivity index (χ0n) is 20.8. The highest BCUT2D eigenvalue weighted by Crippen LogP contribution is 2.56. The summed E-state index contributed by atoms with van der Waals surface area (Å²) >= 11 is 0. The summed E-state index contributed by atoms with van der Waals surface area (Å²) in [5.74, 6) is -0.0706. The number of unbranched alkanes of at least 4 members (excludes halogenated alkanes) is 5. The number of benzene rings is 4. The number of phenols is 2. The van der Waals surface area contributed by atoms with Crippen LogP contribution in [-0.2, 0) is 6.42 Å². The van der Waals surface area contributed by atoms with Crippen molar-refractivity contribution in [2.75, 3.05) is 6.16 Å². The maximum Gasteiger partial charge on any atom is 0.157 e. The van der Waals surface area contributed by atoms with E-state index in [1.807, 2.05) is 6.07 Å². The minimum absolute atomic E-state index is 0. The van der Waals surface area contributed by atoms with E-state index in [0.29, 0.717) is 0 Å². The second kappa shape index (κ2) is 14.2. The van der Waals surface area contributed by atoms with Crippen molar-refractivity contribution in [2.45, 2.75) is 44.9 Å². The highest BCUT2D eigenvalue weighted by atomic mass is 79.9. The maximum absolute atomic E-state index is 9.67. The molecule has 4 aromatic rings. The molecule has 2 N–H and O–H groups in total. The Labute approximate surface area is 227 Å². The lowest BCUT2D eigenvalue weighted by atomic mass is 10.0. The predicted octanol–water partition coefficient (Wildman–Crippen LogP) is 3.98. The van der Waals surface area contributed by atoms with Crippen molar-refractivity contribution in [3.8, 4) is 11.5 Å². The van der Waals surface area contributed by atoms with E-state index in [-0.39, 0.29) is 28.5 Å². The summed E-state index contributed by atoms with van der Waals surface area (Å²) in [6.07, 6.45) is 9.39. The van der Waals surface area contributed by atoms with Crippen LogP contribution in [0.2, 0.25) is 0 Å². The summed E-state index contributed by atoms with van der Waals surface area (Å²) in [6.45, 7) is 0. The molecule has 188 valence electrons. The number of halogens is 1. The van der Waals surface area contributed by atoms with Gasteiger partial charge < -0.3 is 27.2 Å². The van der Waals surface area contributed by atoms with Crippen molar-refractivity contribution < 1.29 is 27.2 Å². The molecule has 0 amide bonds. The van der Waals surface area contributed by atoms with Gasteiger partial charge in [-0.2, -0.15) is 0 Å². The van der Waals surface area contributed by atoms with Gasteiger partial charge in [0.15, 0.2) is 11.5 Å². The Balaban J connectivity index is 0.00000361. The molecular weight excluding hydrogens is 527 g/mol. The van der Waals surface area contributed by atoms with Crippen LogP contribution in [0.5, 0.6) is 11.5 Å². The van der Waals surface area contributed by atoms with Gasteiger partial charge in [0.1, 0.15) is 23.2 Å². The normalized spacial score (nSPS) is 11.1. The average molecular weight is 564 g/mol. The fourth-order valence-electron chi connectivity index (χ4n) is 4.99. The molecule has 4 heteroatoms. The topological polar surface area (TPSA) is 40.5 Å². The van der Waals surface area contributed by atoms with E-state index in [2.05, 4.69) is 91.0 Å². The molecule has 0 radical (unpaired) electrons. The van der Waals surface area contributed by atoms with Gasteiger partial charge in [0.2, 0.25) is 0 Å². The van der Waals surface area contributed by atoms with Crippen LogP contribution in [0, 0.1) is 0 Å². The van der Waals surface area contributed by atoms with Crippen LogP contribution in [0.15, 0.2) is 109 Å². The largest absolute Gasteiger partial charge is 1.00 e. The van der Waals surface area contributed by atoms with Crippen LogP contribution < -0.4 is 32.9 Å². The predicted molar refractivity (Wildman–Crippen MR) is 151 cm³/mol. The van der Waals surface area contributed by atoms with Gasteiger partial charge in [-0.15, -0.1) is 0 Å². The van der Waals surface area contributed by atoms with Crippen molar-refractivity contribution in [3.05, 3.63) is 115 Å². The summed E-state index contributed by atoms with van der Waals surface area (Å²) in [4.78, 5) is 0. The van der Waals surface area contributed by atoms with E-state index in [9.17, 15) is 10.2 Å². The zero-order valence-corrected chi connectivity index (χ0v) is 23.2. The Bertz CT molecular complexity index is 1070. The van der Waals surface area contributed by atoms with Gasteiger partial charge in [0.05, 0.1) is 6.16 Å². The minimum atomic E-state index is -1.71. The van der Waals surface area contributed by atoms with Crippen LogP contribution in [0.4, 0.5) is 0 Å². The first-order valence-corrected chi connectivity index (χ1v) is 14.7. The Morgan fingerprint density at radius 2 is 0.917 bits per heavy atom. The number of rotatable bonds is 12. The number of hydrogen-bond acceptors (Lipinski definition) is 2. The number of aromatic hydroxyl groups is 2. The van der Waals surface area contributed by atoms with Gasteiger partial charge in [-0.1, -0.05) is 79.9 Å². The van der Waals surface area contributed by atoms with Crippen molar-refractivity contribution in [1.82, 2.24) is 0 Å². The molecule has 0 spiro atoms. The van der Waals surface area contributed by atoms with Gasteiger partial charge in [-0.3, -0.25) is 0 Å². The van der Waals surface area contributed by atoms with Gasteiger partial charge in [-0.05, 0) is 79.8 Å². The average Bonchev–Trinajstić information content (AvgIpc) is 2.91. The Morgan fingerprint density at radius 1 is 0.472 bits per heavy atom. The van der Waals surface area contributed by atoms with Gasteiger partial charge in [-0.25, -0.2) is 0 Å². The van der Waals surface area contributed by atoms with Crippen LogP contribution in [0.3, 0.4) is 0 Å². The first kappa shape index (κ1) is 28.0. The van der Waals surface area contributed by atoms with Crippen LogP contribution >= 0.6 is 7.26 Å². The molecule has 0 aromatic heterocycles. The summed E-state index contributed by atoms with van der Waals surface area (Å²) < 4.78 is 0. The van der Waals surface area contributed by atoms with Gasteiger partial charge in [0.25, 0.3) is 0 Å². The molecule has 4 rings (SSSR count). The van der Waals surface area contributed by atoms with Crippen molar-refractivity contribution in [3.63, 3.8) is 0 Å². The molecule has 0 bridgehead atoms. The monoisotopic (exact) mass is 562 g/mol. The smallest absolute Gasteiger partial charge is 0.157 e. The summed E-state index contributed by atoms with van der Waals surface area (Å²) in [5.41, 5.74) is 1.09. The fraction of sp³-hybridized carbons (Fsp3) is 0.250. The molecule has 0 aliphatic rings. The molecule has 0 saturated carbocycles. The maximum atomic E-state index is 9.67. The van der Waals surface area contributed by atoms with Crippen molar-refractivity contribution in [1.29, 1.82) is 0 Å². The second-order valence-electron chi connectivity index (χ2n) is 9.23. The standard InChI is InChI=1S/C32H35O2P.BrH/c33-31-24-23-27(26-32(31)34)16-8-3-1-2-4-15-25-35(28-17-9-5-10-18-28,29-19-11-6-12-20-29)30-21-13-7-14-22-30;/h5-7,9-14,17-24,26H,1-4,8,15-16,25H2,(H-,33,34);1H. The van der Waals surface area contributed by atoms with Gasteiger partial charge >= 0.3 is 0 Å². The molecule has 0 aliphatic carbocycles. The molecule has 0 fully saturated rings. The quantitative estimate of drug-likeness (QED) is 0.156. The summed E-state index contributed by atoms with van der Waals surface area (Å²) in [5, 5.41) is 23.5. The summed E-state index contributed by atoms with van der Waals surface area (Å²) in [6, 6.07) is 38.6. The van der Waals surface area contributed by atoms with E-state index < -0.39 is 7.26 Å². The molecule has 0 aliphatic heterocycles. The third-order valence-corrected chi connectivity index (χ3v) is 11.4. The van der Waals surface area contributed by atoms with Crippen LogP contribution in [0.1, 0.15) is 44.1 Å². The third kappa shape index (κ3) is 6.99. The van der Waals surface area contributed by atoms with E-state index in [1.165, 1.54) is 54.2 Å². The number of aryl methyl sites for hydroxylation is 1. The number of hydrogen-bond donors (Lipinski definition) is 2. The highest BCUT2D eigenvalue weighted by molar-refractivity contribution is 7.95. The molecule has 0 unspecified atom stereocenters. The Morgan fingerprint density at radius 3 is 1.39 bits per heavy atom. The van der Waals surface area contributed by atoms with Crippen LogP contribution in [-0.4, -0.2) is 16.4 Å². The SMILES string of the molecule is Oc1ccc(CCCCCCCC[P+](c2ccccc2)(c2ccccc2)c2ccccc2)cc1O.[Br-]. The second-order valence-corrected chi connectivity index (χ2v) is 12.9. The fourth-order valence-corrected chi connectivity index (χ4v) is 9.40. The zero-order chi connectivity index (χ0) is 24.3. The minimum Gasteiger partial charge on any atom is -1.00 e. The highest BCUT2D eigenvalue weighted by Gasteiger charge is 2.44. The molecule has 0 heterocycles. The molecule has 36 heavy (non-hydrogen) atoms. The van der Waals surface area contributed by atoms with Gasteiger partial charge in [0, 0.05) is 0 Å². The molecular formula is C32H36BrO2P. The summed E-state index contributed by atoms with van der Waals surface area (Å²) in [7, 11) is -1.71. The Hall–Kier alpha value is -2.61. The van der Waals surface area contributed by atoms with Crippen molar-refractivity contribution in [2.24, 2.45) is 0 Å². The van der Waals surface area contributed by atoms with E-state index in [1.54, 1.807) is 12.1 Å². The first-order valence-electron chi connectivity index (χ1n) is 12.8. The van der Waals surface area contributed by atoms with E-state index in [0.717, 1.165) is 18.4 Å². The van der Waals surface area contributed by atoms with Crippen LogP contribution in [0.25, 0.3) is 0 Å². The lowest BCUT2D eigenvalue weighted by Crippen LogP contribution is -3.00. The lowest BCUT2D eigenvalue weighted by molar-refractivity contribution is -0.00000872. The number of phenolic OH excluding ortho intramolecular Hbond substituents is 2. The third-order valence-electron chi connectivity index (χ3n) is 6.84. The molecule has 4 aromatic carbocycles. The van der Waals surface area contributed by atoms with Crippen molar-refractivity contribution >= 4 is 23.2 Å². The first-order chi connectivity index (χ1) is 17.2. The molecule has 0 saturated heterocycles. The lowest BCUT2D eigenvalue weighted by Gasteiger charge is -2.27. The molecule has 0 atom stereocenters. The Kier molecular flexibility index (Phi) is 11.0.